The van der Waals surface area contributed by atoms with E-state index in [9.17, 15) is 0 Å². The average Bonchev–Trinajstić information content (AvgIpc) is 2.64. The zero-order valence-electron chi connectivity index (χ0n) is 8.45. The molecule has 0 spiro atoms. The fourth-order valence-corrected chi connectivity index (χ4v) is 2.08. The quantitative estimate of drug-likeness (QED) is 0.729. The lowest BCUT2D eigenvalue weighted by atomic mass is 10.0. The third kappa shape index (κ3) is 2.02. The Bertz CT molecular complexity index is 418. The molecule has 0 unspecified atom stereocenters. The first-order valence-electron chi connectivity index (χ1n) is 4.70. The minimum Gasteiger partial charge on any atom is -0.249 e. The topological polar surface area (TPSA) is 12.9 Å². The number of hydrogen-bond donors (Lipinski definition) is 0. The summed E-state index contributed by atoms with van der Waals surface area (Å²) in [5.74, 6) is 0. The van der Waals surface area contributed by atoms with Gasteiger partial charge in [0.1, 0.15) is 0 Å². The van der Waals surface area contributed by atoms with Crippen LogP contribution >= 0.6 is 11.3 Å². The number of hydrogen-bond acceptors (Lipinski definition) is 2. The summed E-state index contributed by atoms with van der Waals surface area (Å²) in [6, 6.07) is 6.61. The second-order valence-corrected chi connectivity index (χ2v) is 4.50. The van der Waals surface area contributed by atoms with Crippen LogP contribution in [0.15, 0.2) is 29.8 Å². The highest BCUT2D eigenvalue weighted by Crippen LogP contribution is 2.15. The summed E-state index contributed by atoms with van der Waals surface area (Å²) in [6.45, 7) is 4.29. The second-order valence-electron chi connectivity index (χ2n) is 3.52. The first-order valence-corrected chi connectivity index (χ1v) is 5.58. The highest BCUT2D eigenvalue weighted by Gasteiger charge is 1.99. The van der Waals surface area contributed by atoms with Crippen LogP contribution in [0.25, 0.3) is 0 Å². The normalized spacial score (nSPS) is 10.4. The molecule has 0 fully saturated rings. The fraction of sp³-hybridized carbons (Fsp3) is 0.250. The van der Waals surface area contributed by atoms with Crippen LogP contribution in [0.1, 0.15) is 21.7 Å². The van der Waals surface area contributed by atoms with Gasteiger partial charge in [-0.15, -0.1) is 11.3 Å². The van der Waals surface area contributed by atoms with Crippen molar-refractivity contribution in [3.05, 3.63) is 51.5 Å². The van der Waals surface area contributed by atoms with Gasteiger partial charge in [0, 0.05) is 18.0 Å². The van der Waals surface area contributed by atoms with Crippen LogP contribution in [0.4, 0.5) is 0 Å². The van der Waals surface area contributed by atoms with E-state index in [1.54, 1.807) is 11.3 Å². The molecule has 0 bridgehead atoms. The molecule has 0 atom stereocenters. The predicted molar refractivity (Wildman–Crippen MR) is 60.8 cm³/mol. The molecule has 0 aliphatic heterocycles. The van der Waals surface area contributed by atoms with Gasteiger partial charge in [-0.3, -0.25) is 0 Å². The molecule has 2 aromatic rings. The zero-order chi connectivity index (χ0) is 9.97. The standard InChI is InChI=1S/C12H13NS/c1-9-3-4-11(7-10(9)2)8-12-13-5-6-14-12/h3-7H,8H2,1-2H3. The predicted octanol–water partition coefficient (Wildman–Crippen LogP) is 3.35. The second kappa shape index (κ2) is 3.93. The number of benzene rings is 1. The van der Waals surface area contributed by atoms with Crippen LogP contribution in [0.5, 0.6) is 0 Å². The maximum atomic E-state index is 4.28. The Labute approximate surface area is 88.4 Å². The highest BCUT2D eigenvalue weighted by molar-refractivity contribution is 7.09. The number of thiazole rings is 1. The van der Waals surface area contributed by atoms with Crippen LogP contribution in [0.3, 0.4) is 0 Å². The molecule has 1 heterocycles. The lowest BCUT2D eigenvalue weighted by Crippen LogP contribution is -1.89. The maximum Gasteiger partial charge on any atom is 0.0968 e. The van der Waals surface area contributed by atoms with Crippen LogP contribution in [0.2, 0.25) is 0 Å². The maximum absolute atomic E-state index is 4.28. The van der Waals surface area contributed by atoms with Crippen molar-refractivity contribution in [2.45, 2.75) is 20.3 Å². The summed E-state index contributed by atoms with van der Waals surface area (Å²) in [6.07, 6.45) is 2.82. The van der Waals surface area contributed by atoms with Crippen molar-refractivity contribution in [2.24, 2.45) is 0 Å². The Morgan fingerprint density at radius 2 is 2.07 bits per heavy atom. The number of rotatable bonds is 2. The van der Waals surface area contributed by atoms with E-state index in [4.69, 9.17) is 0 Å². The summed E-state index contributed by atoms with van der Waals surface area (Å²) in [5, 5.41) is 3.21. The first kappa shape index (κ1) is 9.41. The number of nitrogens with zero attached hydrogens (tertiary/aromatic N) is 1. The molecular weight excluding hydrogens is 190 g/mol. The van der Waals surface area contributed by atoms with Gasteiger partial charge in [-0.2, -0.15) is 0 Å². The van der Waals surface area contributed by atoms with Crippen molar-refractivity contribution < 1.29 is 0 Å². The van der Waals surface area contributed by atoms with Crippen LogP contribution < -0.4 is 0 Å². The Hall–Kier alpha value is -1.15. The molecule has 1 aromatic heterocycles. The average molecular weight is 203 g/mol. The van der Waals surface area contributed by atoms with E-state index >= 15 is 0 Å². The number of aromatic nitrogens is 1. The van der Waals surface area contributed by atoms with Crippen LogP contribution in [0, 0.1) is 13.8 Å². The molecule has 72 valence electrons. The van der Waals surface area contributed by atoms with E-state index < -0.39 is 0 Å². The molecule has 0 radical (unpaired) electrons. The van der Waals surface area contributed by atoms with Crippen molar-refractivity contribution in [1.29, 1.82) is 0 Å². The molecule has 0 saturated heterocycles. The molecular formula is C12H13NS. The molecule has 1 nitrogen and oxygen atoms in total. The smallest absolute Gasteiger partial charge is 0.0968 e. The molecule has 0 amide bonds. The third-order valence-electron chi connectivity index (χ3n) is 2.41. The van der Waals surface area contributed by atoms with Crippen molar-refractivity contribution in [3.8, 4) is 0 Å². The largest absolute Gasteiger partial charge is 0.249 e. The van der Waals surface area contributed by atoms with Gasteiger partial charge in [0.05, 0.1) is 5.01 Å². The van der Waals surface area contributed by atoms with Gasteiger partial charge in [-0.1, -0.05) is 18.2 Å². The fourth-order valence-electron chi connectivity index (χ4n) is 1.43. The minimum atomic E-state index is 0.957. The van der Waals surface area contributed by atoms with Crippen molar-refractivity contribution in [3.63, 3.8) is 0 Å². The Morgan fingerprint density at radius 1 is 1.21 bits per heavy atom. The van der Waals surface area contributed by atoms with Gasteiger partial charge < -0.3 is 0 Å². The van der Waals surface area contributed by atoms with E-state index in [1.165, 1.54) is 21.7 Å². The van der Waals surface area contributed by atoms with Gasteiger partial charge in [-0.25, -0.2) is 4.98 Å². The van der Waals surface area contributed by atoms with E-state index in [0.29, 0.717) is 0 Å². The van der Waals surface area contributed by atoms with Gasteiger partial charge in [0.25, 0.3) is 0 Å². The minimum absolute atomic E-state index is 0.957. The molecule has 1 aromatic carbocycles. The van der Waals surface area contributed by atoms with Crippen LogP contribution in [-0.2, 0) is 6.42 Å². The molecule has 0 saturated carbocycles. The first-order chi connectivity index (χ1) is 6.75. The van der Waals surface area contributed by atoms with E-state index in [1.807, 2.05) is 11.6 Å². The molecule has 0 aliphatic carbocycles. The Kier molecular flexibility index (Phi) is 2.64. The van der Waals surface area contributed by atoms with E-state index in [-0.39, 0.29) is 0 Å². The highest BCUT2D eigenvalue weighted by atomic mass is 32.1. The SMILES string of the molecule is Cc1ccc(Cc2nccs2)cc1C. The summed E-state index contributed by atoms with van der Waals surface area (Å²) >= 11 is 1.72. The number of aryl methyl sites for hydroxylation is 2. The molecule has 2 rings (SSSR count). The summed E-state index contributed by atoms with van der Waals surface area (Å²) < 4.78 is 0. The summed E-state index contributed by atoms with van der Waals surface area (Å²) in [5.41, 5.74) is 4.06. The van der Waals surface area contributed by atoms with Crippen molar-refractivity contribution in [1.82, 2.24) is 4.98 Å². The van der Waals surface area contributed by atoms with Crippen molar-refractivity contribution >= 4 is 11.3 Å². The lowest BCUT2D eigenvalue weighted by molar-refractivity contribution is 1.12. The summed E-state index contributed by atoms with van der Waals surface area (Å²) in [4.78, 5) is 4.28. The molecule has 0 N–H and O–H groups in total. The van der Waals surface area contributed by atoms with Crippen LogP contribution in [-0.4, -0.2) is 4.98 Å². The van der Waals surface area contributed by atoms with Gasteiger partial charge >= 0.3 is 0 Å². The van der Waals surface area contributed by atoms with Gasteiger partial charge in [-0.05, 0) is 30.5 Å². The van der Waals surface area contributed by atoms with Gasteiger partial charge in [0.15, 0.2) is 0 Å². The molecule has 2 heteroatoms. The molecule has 14 heavy (non-hydrogen) atoms. The Balaban J connectivity index is 2.22. The summed E-state index contributed by atoms with van der Waals surface area (Å²) in [7, 11) is 0. The lowest BCUT2D eigenvalue weighted by Gasteiger charge is -2.03. The zero-order valence-corrected chi connectivity index (χ0v) is 9.27. The van der Waals surface area contributed by atoms with Crippen molar-refractivity contribution in [2.75, 3.05) is 0 Å². The Morgan fingerprint density at radius 3 is 2.71 bits per heavy atom. The van der Waals surface area contributed by atoms with Gasteiger partial charge in [0.2, 0.25) is 0 Å². The molecule has 0 aliphatic rings. The van der Waals surface area contributed by atoms with E-state index in [0.717, 1.165) is 6.42 Å². The monoisotopic (exact) mass is 203 g/mol. The third-order valence-corrected chi connectivity index (χ3v) is 3.19. The van der Waals surface area contributed by atoms with E-state index in [2.05, 4.69) is 37.0 Å².